The lowest BCUT2D eigenvalue weighted by Crippen LogP contribution is -2.50. The summed E-state index contributed by atoms with van der Waals surface area (Å²) in [6, 6.07) is 9.68. The molecule has 2 amide bonds. The number of nitrogens with two attached hydrogens (primary N) is 1. The number of aromatic nitrogens is 2. The smallest absolute Gasteiger partial charge is 0.256 e. The minimum absolute atomic E-state index is 0.0533. The minimum atomic E-state index is -1.04. The van der Waals surface area contributed by atoms with Gasteiger partial charge in [0.1, 0.15) is 5.82 Å². The molecule has 0 spiro atoms. The van der Waals surface area contributed by atoms with Crippen LogP contribution in [0.1, 0.15) is 75.5 Å². The highest BCUT2D eigenvalue weighted by atomic mass is 16.3. The summed E-state index contributed by atoms with van der Waals surface area (Å²) in [6.45, 7) is 11.5. The highest BCUT2D eigenvalue weighted by Crippen LogP contribution is 2.35. The van der Waals surface area contributed by atoms with Crippen LogP contribution in [0.5, 0.6) is 0 Å². The number of carbonyl (C=O) groups is 3. The Labute approximate surface area is 213 Å². The fourth-order valence-corrected chi connectivity index (χ4v) is 4.19. The molecule has 0 radical (unpaired) electrons. The Bertz CT molecular complexity index is 1110. The number of amides is 2. The van der Waals surface area contributed by atoms with Crippen molar-refractivity contribution < 1.29 is 19.5 Å². The number of piperidine rings is 1. The standard InChI is InChI=1S/C27H39N5O4/c1-17-11-23(34)31(24(35)26(2,3)4)15-20(17)21-12-22(32(30-21)25(36)27(5,6)16-33)29-14-19-9-7-18(13-28)8-10-19/h7-10,12,17,20,29,33H,11,13-16,28H2,1-6H3. The van der Waals surface area contributed by atoms with Crippen LogP contribution in [0.25, 0.3) is 0 Å². The van der Waals surface area contributed by atoms with Gasteiger partial charge >= 0.3 is 0 Å². The van der Waals surface area contributed by atoms with E-state index >= 15 is 0 Å². The summed E-state index contributed by atoms with van der Waals surface area (Å²) in [4.78, 5) is 40.3. The lowest BCUT2D eigenvalue weighted by molar-refractivity contribution is -0.153. The van der Waals surface area contributed by atoms with E-state index in [1.54, 1.807) is 34.6 Å². The van der Waals surface area contributed by atoms with Crippen LogP contribution in [0, 0.1) is 16.7 Å². The molecule has 1 saturated heterocycles. The molecule has 0 bridgehead atoms. The molecule has 1 fully saturated rings. The first-order valence-corrected chi connectivity index (χ1v) is 12.4. The summed E-state index contributed by atoms with van der Waals surface area (Å²) in [7, 11) is 0. The van der Waals surface area contributed by atoms with E-state index < -0.39 is 10.8 Å². The van der Waals surface area contributed by atoms with Crippen molar-refractivity contribution in [2.45, 2.75) is 67.0 Å². The summed E-state index contributed by atoms with van der Waals surface area (Å²) in [5, 5.41) is 17.8. The first-order chi connectivity index (χ1) is 16.8. The molecule has 2 unspecified atom stereocenters. The first-order valence-electron chi connectivity index (χ1n) is 12.4. The predicted molar refractivity (Wildman–Crippen MR) is 138 cm³/mol. The lowest BCUT2D eigenvalue weighted by atomic mass is 9.83. The largest absolute Gasteiger partial charge is 0.395 e. The molecule has 1 aliphatic heterocycles. The number of nitrogens with one attached hydrogen (secondary N) is 1. The fraction of sp³-hybridized carbons (Fsp3) is 0.556. The average molecular weight is 498 g/mol. The average Bonchev–Trinajstić information content (AvgIpc) is 3.25. The van der Waals surface area contributed by atoms with Gasteiger partial charge in [0.05, 0.1) is 17.7 Å². The molecule has 1 aliphatic rings. The van der Waals surface area contributed by atoms with Crippen LogP contribution in [0.3, 0.4) is 0 Å². The molecule has 9 nitrogen and oxygen atoms in total. The molecule has 4 N–H and O–H groups in total. The predicted octanol–water partition coefficient (Wildman–Crippen LogP) is 3.14. The molecule has 36 heavy (non-hydrogen) atoms. The molecular formula is C27H39N5O4. The number of aliphatic hydroxyl groups excluding tert-OH is 1. The maximum absolute atomic E-state index is 13.3. The maximum atomic E-state index is 13.3. The zero-order chi connectivity index (χ0) is 26.8. The molecule has 0 saturated carbocycles. The van der Waals surface area contributed by atoms with Gasteiger partial charge in [0.2, 0.25) is 11.8 Å². The Morgan fingerprint density at radius 3 is 2.28 bits per heavy atom. The van der Waals surface area contributed by atoms with Crippen LogP contribution in [0.15, 0.2) is 30.3 Å². The fourth-order valence-electron chi connectivity index (χ4n) is 4.19. The van der Waals surface area contributed by atoms with Gasteiger partial charge in [-0.1, -0.05) is 52.0 Å². The van der Waals surface area contributed by atoms with Gasteiger partial charge in [-0.3, -0.25) is 19.3 Å². The molecule has 2 aromatic rings. The molecule has 9 heteroatoms. The van der Waals surface area contributed by atoms with Crippen molar-refractivity contribution in [3.63, 3.8) is 0 Å². The maximum Gasteiger partial charge on any atom is 0.256 e. The Morgan fingerprint density at radius 2 is 1.72 bits per heavy atom. The third kappa shape index (κ3) is 5.84. The van der Waals surface area contributed by atoms with Crippen molar-refractivity contribution in [2.75, 3.05) is 18.5 Å². The van der Waals surface area contributed by atoms with E-state index in [1.165, 1.54) is 9.58 Å². The molecule has 2 atom stereocenters. The Hall–Kier alpha value is -3.04. The lowest BCUT2D eigenvalue weighted by Gasteiger charge is -2.37. The van der Waals surface area contributed by atoms with Crippen LogP contribution >= 0.6 is 0 Å². The summed E-state index contributed by atoms with van der Waals surface area (Å²) in [6.07, 6.45) is 0.228. The van der Waals surface area contributed by atoms with E-state index in [0.29, 0.717) is 24.6 Å². The Morgan fingerprint density at radius 1 is 1.11 bits per heavy atom. The number of likely N-dealkylation sites (tertiary alicyclic amines) is 1. The summed E-state index contributed by atoms with van der Waals surface area (Å²) >= 11 is 0. The number of hydrogen-bond acceptors (Lipinski definition) is 7. The summed E-state index contributed by atoms with van der Waals surface area (Å²) < 4.78 is 1.30. The number of carbonyl (C=O) groups excluding carboxylic acids is 3. The summed E-state index contributed by atoms with van der Waals surface area (Å²) in [5.74, 6) is -0.528. The molecule has 0 aliphatic carbocycles. The van der Waals surface area contributed by atoms with Crippen LogP contribution in [0.2, 0.25) is 0 Å². The molecular weight excluding hydrogens is 458 g/mol. The van der Waals surface area contributed by atoms with Crippen molar-refractivity contribution in [1.82, 2.24) is 14.7 Å². The van der Waals surface area contributed by atoms with Gasteiger partial charge in [-0.2, -0.15) is 9.78 Å². The normalized spacial score (nSPS) is 18.9. The Kier molecular flexibility index (Phi) is 8.05. The van der Waals surface area contributed by atoms with Gasteiger partial charge in [0.25, 0.3) is 5.91 Å². The van der Waals surface area contributed by atoms with Crippen molar-refractivity contribution >= 4 is 23.5 Å². The van der Waals surface area contributed by atoms with Gasteiger partial charge in [-0.05, 0) is 30.9 Å². The number of hydrogen-bond donors (Lipinski definition) is 3. The molecule has 2 heterocycles. The zero-order valence-corrected chi connectivity index (χ0v) is 22.2. The van der Waals surface area contributed by atoms with Crippen molar-refractivity contribution in [3.05, 3.63) is 47.2 Å². The SMILES string of the molecule is CC1CC(=O)N(C(=O)C(C)(C)C)CC1c1cc(NCc2ccc(CN)cc2)n(C(=O)C(C)(C)CO)n1. The third-order valence-electron chi connectivity index (χ3n) is 6.76. The topological polar surface area (TPSA) is 131 Å². The van der Waals surface area contributed by atoms with Crippen molar-refractivity contribution in [3.8, 4) is 0 Å². The quantitative estimate of drug-likeness (QED) is 0.536. The van der Waals surface area contributed by atoms with Crippen LogP contribution < -0.4 is 11.1 Å². The molecule has 1 aromatic carbocycles. The van der Waals surface area contributed by atoms with Gasteiger partial charge in [-0.15, -0.1) is 0 Å². The number of benzene rings is 1. The van der Waals surface area contributed by atoms with E-state index in [1.807, 2.05) is 37.3 Å². The second-order valence-corrected chi connectivity index (χ2v) is 11.4. The zero-order valence-electron chi connectivity index (χ0n) is 22.2. The van der Waals surface area contributed by atoms with E-state index in [2.05, 4.69) is 10.4 Å². The highest BCUT2D eigenvalue weighted by molar-refractivity contribution is 5.98. The minimum Gasteiger partial charge on any atom is -0.395 e. The summed E-state index contributed by atoms with van der Waals surface area (Å²) in [5.41, 5.74) is 6.63. The van der Waals surface area contributed by atoms with Crippen LogP contribution in [-0.4, -0.2) is 50.7 Å². The van der Waals surface area contributed by atoms with Gasteiger partial charge in [0, 0.05) is 43.5 Å². The molecule has 196 valence electrons. The van der Waals surface area contributed by atoms with E-state index in [4.69, 9.17) is 5.73 Å². The second-order valence-electron chi connectivity index (χ2n) is 11.4. The van der Waals surface area contributed by atoms with E-state index in [-0.39, 0.29) is 49.1 Å². The number of nitrogens with zero attached hydrogens (tertiary/aromatic N) is 3. The van der Waals surface area contributed by atoms with Crippen molar-refractivity contribution in [2.24, 2.45) is 22.5 Å². The molecule has 3 rings (SSSR count). The van der Waals surface area contributed by atoms with Crippen LogP contribution in [0.4, 0.5) is 5.82 Å². The highest BCUT2D eigenvalue weighted by Gasteiger charge is 2.41. The number of aliphatic hydroxyl groups is 1. The monoisotopic (exact) mass is 497 g/mol. The Balaban J connectivity index is 1.94. The van der Waals surface area contributed by atoms with E-state index in [9.17, 15) is 19.5 Å². The molecule has 1 aromatic heterocycles. The first kappa shape index (κ1) is 27.5. The van der Waals surface area contributed by atoms with Gasteiger partial charge < -0.3 is 16.2 Å². The number of rotatable bonds is 7. The second kappa shape index (κ2) is 10.5. The number of imide groups is 1. The van der Waals surface area contributed by atoms with Crippen LogP contribution in [-0.2, 0) is 22.7 Å². The van der Waals surface area contributed by atoms with Crippen molar-refractivity contribution in [1.29, 1.82) is 0 Å². The van der Waals surface area contributed by atoms with E-state index in [0.717, 1.165) is 11.1 Å². The third-order valence-corrected chi connectivity index (χ3v) is 6.76. The van der Waals surface area contributed by atoms with Gasteiger partial charge in [0.15, 0.2) is 0 Å². The van der Waals surface area contributed by atoms with Gasteiger partial charge in [-0.25, -0.2) is 0 Å². The number of anilines is 1.